The lowest BCUT2D eigenvalue weighted by Crippen LogP contribution is -2.40. The van der Waals surface area contributed by atoms with Crippen LogP contribution in [0.1, 0.15) is 25.1 Å². The first-order valence-electron chi connectivity index (χ1n) is 5.26. The Kier molecular flexibility index (Phi) is 5.44. The van der Waals surface area contributed by atoms with E-state index in [-0.39, 0.29) is 5.91 Å². The third-order valence-corrected chi connectivity index (χ3v) is 4.10. The molecule has 1 aromatic rings. The fourth-order valence-corrected chi connectivity index (χ4v) is 2.80. The summed E-state index contributed by atoms with van der Waals surface area (Å²) in [5, 5.41) is 4.83. The summed E-state index contributed by atoms with van der Waals surface area (Å²) in [5.74, 6) is 0.364. The standard InChI is InChI=1S/C11H17BrN2OS/c1-7(2)5-9(13)11(15)14-6-10-8(12)3-4-16-10/h3-4,7,9H,5-6,13H2,1-2H3,(H,14,15). The molecule has 3 N–H and O–H groups in total. The Morgan fingerprint density at radius 1 is 1.62 bits per heavy atom. The van der Waals surface area contributed by atoms with Gasteiger partial charge >= 0.3 is 0 Å². The van der Waals surface area contributed by atoms with Gasteiger partial charge in [0.15, 0.2) is 0 Å². The summed E-state index contributed by atoms with van der Waals surface area (Å²) in [4.78, 5) is 12.8. The lowest BCUT2D eigenvalue weighted by molar-refractivity contribution is -0.122. The number of hydrogen-bond donors (Lipinski definition) is 2. The van der Waals surface area contributed by atoms with Crippen molar-refractivity contribution in [1.82, 2.24) is 5.32 Å². The normalized spacial score (nSPS) is 12.8. The molecule has 0 spiro atoms. The Hall–Kier alpha value is -0.390. The average molecular weight is 305 g/mol. The third-order valence-electron chi connectivity index (χ3n) is 2.18. The van der Waals surface area contributed by atoms with Crippen molar-refractivity contribution in [2.45, 2.75) is 32.9 Å². The van der Waals surface area contributed by atoms with E-state index in [1.165, 1.54) is 0 Å². The number of amides is 1. The summed E-state index contributed by atoms with van der Waals surface area (Å²) in [6, 6.07) is 1.57. The smallest absolute Gasteiger partial charge is 0.237 e. The molecular weight excluding hydrogens is 288 g/mol. The topological polar surface area (TPSA) is 55.1 Å². The van der Waals surface area contributed by atoms with Crippen LogP contribution in [0.5, 0.6) is 0 Å². The van der Waals surface area contributed by atoms with Crippen LogP contribution in [0, 0.1) is 5.92 Å². The molecular formula is C11H17BrN2OS. The molecule has 1 rings (SSSR count). The summed E-state index contributed by atoms with van der Waals surface area (Å²) >= 11 is 5.04. The molecule has 0 saturated carbocycles. The zero-order valence-electron chi connectivity index (χ0n) is 9.50. The minimum Gasteiger partial charge on any atom is -0.350 e. The maximum Gasteiger partial charge on any atom is 0.237 e. The van der Waals surface area contributed by atoms with Crippen molar-refractivity contribution >= 4 is 33.2 Å². The number of nitrogens with two attached hydrogens (primary N) is 1. The fourth-order valence-electron chi connectivity index (χ4n) is 1.36. The SMILES string of the molecule is CC(C)CC(N)C(=O)NCc1sccc1Br. The lowest BCUT2D eigenvalue weighted by atomic mass is 10.0. The first kappa shape index (κ1) is 13.7. The number of halogens is 1. The number of nitrogens with one attached hydrogen (secondary N) is 1. The van der Waals surface area contributed by atoms with Crippen LogP contribution in [0.25, 0.3) is 0 Å². The largest absolute Gasteiger partial charge is 0.350 e. The number of hydrogen-bond acceptors (Lipinski definition) is 3. The molecule has 1 aromatic heterocycles. The fraction of sp³-hybridized carbons (Fsp3) is 0.545. The van der Waals surface area contributed by atoms with Gasteiger partial charge in [0.05, 0.1) is 12.6 Å². The molecule has 0 aromatic carbocycles. The molecule has 90 valence electrons. The van der Waals surface area contributed by atoms with Crippen molar-refractivity contribution in [3.63, 3.8) is 0 Å². The van der Waals surface area contributed by atoms with Crippen molar-refractivity contribution in [2.24, 2.45) is 11.7 Å². The van der Waals surface area contributed by atoms with Crippen LogP contribution in [-0.2, 0) is 11.3 Å². The highest BCUT2D eigenvalue weighted by Crippen LogP contribution is 2.22. The van der Waals surface area contributed by atoms with Gasteiger partial charge in [-0.2, -0.15) is 0 Å². The predicted octanol–water partition coefficient (Wildman–Crippen LogP) is 2.50. The predicted molar refractivity (Wildman–Crippen MR) is 71.3 cm³/mol. The molecule has 0 aliphatic carbocycles. The minimum absolute atomic E-state index is 0.0750. The number of carbonyl (C=O) groups excluding carboxylic acids is 1. The monoisotopic (exact) mass is 304 g/mol. The van der Waals surface area contributed by atoms with Crippen LogP contribution in [0.3, 0.4) is 0 Å². The van der Waals surface area contributed by atoms with Crippen molar-refractivity contribution in [3.05, 3.63) is 20.8 Å². The van der Waals surface area contributed by atoms with Crippen molar-refractivity contribution in [1.29, 1.82) is 0 Å². The van der Waals surface area contributed by atoms with Gasteiger partial charge in [0, 0.05) is 9.35 Å². The van der Waals surface area contributed by atoms with Gasteiger partial charge in [-0.25, -0.2) is 0 Å². The molecule has 0 aliphatic rings. The van der Waals surface area contributed by atoms with Gasteiger partial charge in [0.1, 0.15) is 0 Å². The minimum atomic E-state index is -0.404. The van der Waals surface area contributed by atoms with Crippen molar-refractivity contribution < 1.29 is 4.79 Å². The third kappa shape index (κ3) is 4.23. The van der Waals surface area contributed by atoms with Crippen LogP contribution in [0.4, 0.5) is 0 Å². The van der Waals surface area contributed by atoms with Crippen LogP contribution < -0.4 is 11.1 Å². The van der Waals surface area contributed by atoms with E-state index in [1.54, 1.807) is 11.3 Å². The van der Waals surface area contributed by atoms with E-state index in [0.717, 1.165) is 15.8 Å². The van der Waals surface area contributed by atoms with E-state index in [9.17, 15) is 4.79 Å². The Labute approximate surface area is 109 Å². The summed E-state index contributed by atoms with van der Waals surface area (Å²) in [6.45, 7) is 4.66. The highest BCUT2D eigenvalue weighted by atomic mass is 79.9. The van der Waals surface area contributed by atoms with E-state index in [4.69, 9.17) is 5.73 Å². The summed E-state index contributed by atoms with van der Waals surface area (Å²) in [5.41, 5.74) is 5.78. The second kappa shape index (κ2) is 6.37. The van der Waals surface area contributed by atoms with Gasteiger partial charge < -0.3 is 11.1 Å². The van der Waals surface area contributed by atoms with Gasteiger partial charge in [-0.05, 0) is 39.7 Å². The summed E-state index contributed by atoms with van der Waals surface area (Å²) in [7, 11) is 0. The maximum atomic E-state index is 11.6. The average Bonchev–Trinajstić information content (AvgIpc) is 2.59. The van der Waals surface area contributed by atoms with E-state index in [1.807, 2.05) is 11.4 Å². The maximum absolute atomic E-state index is 11.6. The highest BCUT2D eigenvalue weighted by Gasteiger charge is 2.14. The quantitative estimate of drug-likeness (QED) is 0.878. The molecule has 0 saturated heterocycles. The summed E-state index contributed by atoms with van der Waals surface area (Å²) in [6.07, 6.45) is 0.720. The molecule has 1 heterocycles. The van der Waals surface area contributed by atoms with Crippen molar-refractivity contribution in [3.8, 4) is 0 Å². The van der Waals surface area contributed by atoms with E-state index in [0.29, 0.717) is 12.5 Å². The molecule has 0 bridgehead atoms. The van der Waals surface area contributed by atoms with Gasteiger partial charge in [-0.1, -0.05) is 13.8 Å². The van der Waals surface area contributed by atoms with Crippen LogP contribution in [0.2, 0.25) is 0 Å². The van der Waals surface area contributed by atoms with Gasteiger partial charge in [-0.15, -0.1) is 11.3 Å². The molecule has 1 unspecified atom stereocenters. The Morgan fingerprint density at radius 3 is 2.81 bits per heavy atom. The Balaban J connectivity index is 2.38. The van der Waals surface area contributed by atoms with Gasteiger partial charge in [0.25, 0.3) is 0 Å². The van der Waals surface area contributed by atoms with Crippen LogP contribution in [0.15, 0.2) is 15.9 Å². The number of thiophene rings is 1. The van der Waals surface area contributed by atoms with E-state index in [2.05, 4.69) is 35.1 Å². The van der Waals surface area contributed by atoms with E-state index < -0.39 is 6.04 Å². The van der Waals surface area contributed by atoms with Crippen LogP contribution >= 0.6 is 27.3 Å². The van der Waals surface area contributed by atoms with E-state index >= 15 is 0 Å². The highest BCUT2D eigenvalue weighted by molar-refractivity contribution is 9.10. The number of carbonyl (C=O) groups is 1. The zero-order chi connectivity index (χ0) is 12.1. The number of rotatable bonds is 5. The second-order valence-corrected chi connectivity index (χ2v) is 6.00. The molecule has 0 radical (unpaired) electrons. The molecule has 0 fully saturated rings. The van der Waals surface area contributed by atoms with Crippen molar-refractivity contribution in [2.75, 3.05) is 0 Å². The molecule has 5 heteroatoms. The zero-order valence-corrected chi connectivity index (χ0v) is 11.9. The van der Waals surface area contributed by atoms with Crippen LogP contribution in [-0.4, -0.2) is 11.9 Å². The first-order valence-corrected chi connectivity index (χ1v) is 6.93. The van der Waals surface area contributed by atoms with Gasteiger partial charge in [0.2, 0.25) is 5.91 Å². The second-order valence-electron chi connectivity index (χ2n) is 4.15. The molecule has 0 aliphatic heterocycles. The molecule has 1 amide bonds. The molecule has 3 nitrogen and oxygen atoms in total. The summed E-state index contributed by atoms with van der Waals surface area (Å²) < 4.78 is 1.04. The Morgan fingerprint density at radius 2 is 2.31 bits per heavy atom. The lowest BCUT2D eigenvalue weighted by Gasteiger charge is -2.13. The molecule has 1 atom stereocenters. The Bertz CT molecular complexity index is 352. The van der Waals surface area contributed by atoms with Gasteiger partial charge in [-0.3, -0.25) is 4.79 Å². The first-order chi connectivity index (χ1) is 7.50. The molecule has 16 heavy (non-hydrogen) atoms.